The summed E-state index contributed by atoms with van der Waals surface area (Å²) in [5.41, 5.74) is 0. The number of rotatable bonds is 5. The van der Waals surface area contributed by atoms with Crippen LogP contribution in [0, 0.1) is 5.92 Å². The lowest BCUT2D eigenvalue weighted by molar-refractivity contribution is 0.385. The van der Waals surface area contributed by atoms with Gasteiger partial charge in [0.15, 0.2) is 0 Å². The van der Waals surface area contributed by atoms with Crippen molar-refractivity contribution in [3.63, 3.8) is 0 Å². The first-order valence-electron chi connectivity index (χ1n) is 7.47. The van der Waals surface area contributed by atoms with E-state index in [9.17, 15) is 0 Å². The highest BCUT2D eigenvalue weighted by Gasteiger charge is 2.05. The number of nitrogens with one attached hydrogen (secondary N) is 1. The van der Waals surface area contributed by atoms with Crippen LogP contribution in [-0.4, -0.2) is 12.6 Å². The second-order valence-corrected chi connectivity index (χ2v) is 5.19. The fourth-order valence-electron chi connectivity index (χ4n) is 2.39. The van der Waals surface area contributed by atoms with Gasteiger partial charge in [0.05, 0.1) is 0 Å². The molecule has 16 heavy (non-hydrogen) atoms. The lowest BCUT2D eigenvalue weighted by Gasteiger charge is -2.15. The van der Waals surface area contributed by atoms with Crippen molar-refractivity contribution >= 4 is 0 Å². The van der Waals surface area contributed by atoms with Gasteiger partial charge < -0.3 is 5.32 Å². The molecule has 1 nitrogen and oxygen atoms in total. The minimum Gasteiger partial charge on any atom is -0.314 e. The van der Waals surface area contributed by atoms with Gasteiger partial charge in [0, 0.05) is 6.04 Å². The Morgan fingerprint density at radius 2 is 1.69 bits per heavy atom. The van der Waals surface area contributed by atoms with Crippen molar-refractivity contribution in [2.24, 2.45) is 5.92 Å². The van der Waals surface area contributed by atoms with Crippen LogP contribution in [0.2, 0.25) is 0 Å². The third-order valence-electron chi connectivity index (χ3n) is 3.52. The molecule has 1 saturated carbocycles. The SMILES string of the molecule is CC1CCCCC1.CCCC(CC)NCC. The zero-order chi connectivity index (χ0) is 12.2. The maximum atomic E-state index is 3.43. The third kappa shape index (κ3) is 9.21. The molecule has 98 valence electrons. The highest BCUT2D eigenvalue weighted by molar-refractivity contribution is 4.61. The average molecular weight is 227 g/mol. The zero-order valence-corrected chi connectivity index (χ0v) is 12.0. The van der Waals surface area contributed by atoms with Gasteiger partial charge >= 0.3 is 0 Å². The molecular weight excluding hydrogens is 194 g/mol. The van der Waals surface area contributed by atoms with Crippen LogP contribution in [0.4, 0.5) is 0 Å². The molecule has 1 atom stereocenters. The fourth-order valence-corrected chi connectivity index (χ4v) is 2.39. The Balaban J connectivity index is 0.000000288. The lowest BCUT2D eigenvalue weighted by atomic mass is 9.91. The zero-order valence-electron chi connectivity index (χ0n) is 12.0. The molecule has 0 bridgehead atoms. The smallest absolute Gasteiger partial charge is 0.00642 e. The van der Waals surface area contributed by atoms with E-state index in [0.717, 1.165) is 18.5 Å². The Morgan fingerprint density at radius 3 is 2.00 bits per heavy atom. The monoisotopic (exact) mass is 227 g/mol. The van der Waals surface area contributed by atoms with Gasteiger partial charge in [-0.15, -0.1) is 0 Å². The Bertz CT molecular complexity index is 121. The van der Waals surface area contributed by atoms with E-state index < -0.39 is 0 Å². The van der Waals surface area contributed by atoms with Crippen molar-refractivity contribution in [1.29, 1.82) is 0 Å². The van der Waals surface area contributed by atoms with E-state index in [4.69, 9.17) is 0 Å². The van der Waals surface area contributed by atoms with Crippen LogP contribution in [0.15, 0.2) is 0 Å². The van der Waals surface area contributed by atoms with Crippen LogP contribution < -0.4 is 5.32 Å². The van der Waals surface area contributed by atoms with Crippen LogP contribution in [0.1, 0.15) is 79.1 Å². The molecule has 1 N–H and O–H groups in total. The highest BCUT2D eigenvalue weighted by Crippen LogP contribution is 2.22. The third-order valence-corrected chi connectivity index (χ3v) is 3.52. The topological polar surface area (TPSA) is 12.0 Å². The summed E-state index contributed by atoms with van der Waals surface area (Å²) in [7, 11) is 0. The summed E-state index contributed by atoms with van der Waals surface area (Å²) in [5.74, 6) is 1.04. The predicted molar refractivity (Wildman–Crippen MR) is 74.9 cm³/mol. The van der Waals surface area contributed by atoms with Crippen LogP contribution in [0.5, 0.6) is 0 Å². The van der Waals surface area contributed by atoms with Crippen molar-refractivity contribution in [1.82, 2.24) is 5.32 Å². The number of hydrogen-bond acceptors (Lipinski definition) is 1. The summed E-state index contributed by atoms with van der Waals surface area (Å²) in [6.45, 7) is 10.1. The van der Waals surface area contributed by atoms with Gasteiger partial charge in [0.1, 0.15) is 0 Å². The van der Waals surface area contributed by atoms with E-state index in [1.54, 1.807) is 0 Å². The first-order valence-corrected chi connectivity index (χ1v) is 7.47. The summed E-state index contributed by atoms with van der Waals surface area (Å²) in [5, 5.41) is 3.43. The molecule has 0 aromatic heterocycles. The molecule has 1 aliphatic carbocycles. The molecule has 1 aliphatic rings. The van der Waals surface area contributed by atoms with Gasteiger partial charge in [-0.1, -0.05) is 66.2 Å². The van der Waals surface area contributed by atoms with Crippen LogP contribution in [0.25, 0.3) is 0 Å². The molecule has 0 radical (unpaired) electrons. The van der Waals surface area contributed by atoms with Gasteiger partial charge in [-0.25, -0.2) is 0 Å². The Kier molecular flexibility index (Phi) is 11.4. The molecule has 1 heteroatoms. The first-order chi connectivity index (χ1) is 7.74. The van der Waals surface area contributed by atoms with Crippen molar-refractivity contribution in [2.75, 3.05) is 6.54 Å². The first kappa shape index (κ1) is 16.0. The Hall–Kier alpha value is -0.0400. The highest BCUT2D eigenvalue weighted by atomic mass is 14.9. The van der Waals surface area contributed by atoms with Crippen molar-refractivity contribution in [3.8, 4) is 0 Å². The number of hydrogen-bond donors (Lipinski definition) is 1. The van der Waals surface area contributed by atoms with Gasteiger partial charge in [-0.3, -0.25) is 0 Å². The largest absolute Gasteiger partial charge is 0.314 e. The van der Waals surface area contributed by atoms with Gasteiger partial charge in [0.25, 0.3) is 0 Å². The van der Waals surface area contributed by atoms with Gasteiger partial charge in [-0.05, 0) is 25.3 Å². The minimum atomic E-state index is 0.764. The molecule has 1 fully saturated rings. The quantitative estimate of drug-likeness (QED) is 0.714. The van der Waals surface area contributed by atoms with Gasteiger partial charge in [-0.2, -0.15) is 0 Å². The van der Waals surface area contributed by atoms with E-state index >= 15 is 0 Å². The molecule has 1 rings (SSSR count). The molecule has 0 aliphatic heterocycles. The van der Waals surface area contributed by atoms with Crippen LogP contribution in [0.3, 0.4) is 0 Å². The summed E-state index contributed by atoms with van der Waals surface area (Å²) in [4.78, 5) is 0. The normalized spacial score (nSPS) is 18.8. The molecule has 0 heterocycles. The molecule has 0 amide bonds. The molecule has 0 spiro atoms. The van der Waals surface area contributed by atoms with E-state index in [0.29, 0.717) is 0 Å². The molecule has 1 unspecified atom stereocenters. The van der Waals surface area contributed by atoms with Crippen molar-refractivity contribution in [3.05, 3.63) is 0 Å². The molecule has 0 saturated heterocycles. The minimum absolute atomic E-state index is 0.764. The fraction of sp³-hybridized carbons (Fsp3) is 1.00. The maximum absolute atomic E-state index is 3.43. The second kappa shape index (κ2) is 11.4. The molecular formula is C15H33N. The van der Waals surface area contributed by atoms with E-state index in [2.05, 4.69) is 33.0 Å². The van der Waals surface area contributed by atoms with Crippen LogP contribution in [-0.2, 0) is 0 Å². The van der Waals surface area contributed by atoms with Crippen molar-refractivity contribution < 1.29 is 0 Å². The molecule has 0 aromatic carbocycles. The average Bonchev–Trinajstić information content (AvgIpc) is 2.30. The van der Waals surface area contributed by atoms with E-state index in [1.807, 2.05) is 0 Å². The van der Waals surface area contributed by atoms with E-state index in [1.165, 1.54) is 51.4 Å². The van der Waals surface area contributed by atoms with E-state index in [-0.39, 0.29) is 0 Å². The standard InChI is InChI=1S/C8H19N.C7H14/c1-4-7-8(5-2)9-6-3;1-7-5-3-2-4-6-7/h8-9H,4-7H2,1-3H3;7H,2-6H2,1H3. The van der Waals surface area contributed by atoms with Crippen molar-refractivity contribution in [2.45, 2.75) is 85.1 Å². The molecule has 0 aromatic rings. The summed E-state index contributed by atoms with van der Waals surface area (Å²) < 4.78 is 0. The maximum Gasteiger partial charge on any atom is 0.00642 e. The second-order valence-electron chi connectivity index (χ2n) is 5.19. The predicted octanol–water partition coefficient (Wildman–Crippen LogP) is 4.76. The summed E-state index contributed by atoms with van der Waals surface area (Å²) in [6, 6.07) is 0.764. The summed E-state index contributed by atoms with van der Waals surface area (Å²) in [6.07, 6.45) is 11.3. The van der Waals surface area contributed by atoms with Gasteiger partial charge in [0.2, 0.25) is 0 Å². The van der Waals surface area contributed by atoms with Crippen LogP contribution >= 0.6 is 0 Å². The summed E-state index contributed by atoms with van der Waals surface area (Å²) >= 11 is 0. The lowest BCUT2D eigenvalue weighted by Crippen LogP contribution is -2.27. The Labute approximate surface area is 103 Å². The Morgan fingerprint density at radius 1 is 1.06 bits per heavy atom.